The van der Waals surface area contributed by atoms with Gasteiger partial charge in [-0.2, -0.15) is 0 Å². The molecule has 6 heteroatoms. The molecule has 1 heterocycles. The van der Waals surface area contributed by atoms with Gasteiger partial charge in [0.25, 0.3) is 0 Å². The minimum atomic E-state index is -1.13. The molecule has 1 aromatic carbocycles. The van der Waals surface area contributed by atoms with Crippen molar-refractivity contribution in [1.82, 2.24) is 5.16 Å². The first-order valence-corrected chi connectivity index (χ1v) is 5.40. The van der Waals surface area contributed by atoms with E-state index in [4.69, 9.17) is 21.2 Å². The minimum absolute atomic E-state index is 0.137. The molecule has 2 rings (SSSR count). The van der Waals surface area contributed by atoms with E-state index < -0.39 is 5.97 Å². The molecule has 82 valence electrons. The lowest BCUT2D eigenvalue weighted by atomic mass is 10.1. The van der Waals surface area contributed by atoms with Crippen LogP contribution in [0, 0.1) is 0 Å². The summed E-state index contributed by atoms with van der Waals surface area (Å²) >= 11 is 9.16. The van der Waals surface area contributed by atoms with E-state index in [9.17, 15) is 4.79 Å². The van der Waals surface area contributed by atoms with Crippen molar-refractivity contribution in [1.29, 1.82) is 0 Å². The minimum Gasteiger partial charge on any atom is -0.476 e. The van der Waals surface area contributed by atoms with Gasteiger partial charge >= 0.3 is 5.97 Å². The van der Waals surface area contributed by atoms with Gasteiger partial charge in [-0.1, -0.05) is 32.7 Å². The Morgan fingerprint density at radius 2 is 2.19 bits per heavy atom. The Balaban J connectivity index is 2.50. The number of rotatable bonds is 2. The Bertz CT molecular complexity index is 553. The van der Waals surface area contributed by atoms with Crippen molar-refractivity contribution in [2.45, 2.75) is 0 Å². The third-order valence-corrected chi connectivity index (χ3v) is 2.85. The molecular formula is C10H5BrClNO3. The van der Waals surface area contributed by atoms with E-state index >= 15 is 0 Å². The standard InChI is InChI=1S/C10H5BrClNO3/c11-7-2-1-5(12)3-6(7)9-4-8(10(14)15)13-16-9/h1-4H,(H,14,15). The summed E-state index contributed by atoms with van der Waals surface area (Å²) in [5.74, 6) is -0.778. The number of halogens is 2. The Morgan fingerprint density at radius 3 is 2.81 bits per heavy atom. The normalized spacial score (nSPS) is 10.4. The second-order valence-corrected chi connectivity index (χ2v) is 4.30. The van der Waals surface area contributed by atoms with Crippen molar-refractivity contribution in [3.63, 3.8) is 0 Å². The second kappa shape index (κ2) is 4.27. The molecule has 0 unspecified atom stereocenters. The molecule has 16 heavy (non-hydrogen) atoms. The molecule has 0 saturated heterocycles. The molecule has 0 spiro atoms. The zero-order valence-electron chi connectivity index (χ0n) is 7.78. The van der Waals surface area contributed by atoms with Crippen LogP contribution in [0.5, 0.6) is 0 Å². The first kappa shape index (κ1) is 11.2. The van der Waals surface area contributed by atoms with Crippen LogP contribution in [0.15, 0.2) is 33.3 Å². The van der Waals surface area contributed by atoms with Crippen molar-refractivity contribution < 1.29 is 14.4 Å². The average molecular weight is 303 g/mol. The molecule has 0 radical (unpaired) electrons. The number of hydrogen-bond donors (Lipinski definition) is 1. The van der Waals surface area contributed by atoms with Crippen LogP contribution in [-0.4, -0.2) is 16.2 Å². The number of hydrogen-bond acceptors (Lipinski definition) is 3. The van der Waals surface area contributed by atoms with E-state index in [2.05, 4.69) is 21.1 Å². The molecule has 0 bridgehead atoms. The van der Waals surface area contributed by atoms with Crippen LogP contribution in [0.1, 0.15) is 10.5 Å². The van der Waals surface area contributed by atoms with Crippen LogP contribution in [0.2, 0.25) is 5.02 Å². The smallest absolute Gasteiger partial charge is 0.358 e. The molecule has 0 aliphatic heterocycles. The predicted molar refractivity (Wildman–Crippen MR) is 61.6 cm³/mol. The van der Waals surface area contributed by atoms with Gasteiger partial charge in [-0.3, -0.25) is 0 Å². The van der Waals surface area contributed by atoms with Crippen LogP contribution in [-0.2, 0) is 0 Å². The van der Waals surface area contributed by atoms with Crippen LogP contribution >= 0.6 is 27.5 Å². The highest BCUT2D eigenvalue weighted by Crippen LogP contribution is 2.31. The third kappa shape index (κ3) is 2.10. The molecule has 0 fully saturated rings. The van der Waals surface area contributed by atoms with Gasteiger partial charge in [0.15, 0.2) is 11.5 Å². The highest BCUT2D eigenvalue weighted by Gasteiger charge is 2.14. The molecule has 4 nitrogen and oxygen atoms in total. The van der Waals surface area contributed by atoms with Gasteiger partial charge < -0.3 is 9.63 Å². The summed E-state index contributed by atoms with van der Waals surface area (Å²) in [5.41, 5.74) is 0.523. The number of carboxylic acid groups (broad SMARTS) is 1. The van der Waals surface area contributed by atoms with Crippen molar-refractivity contribution >= 4 is 33.5 Å². The van der Waals surface area contributed by atoms with Crippen molar-refractivity contribution in [3.8, 4) is 11.3 Å². The molecule has 0 aliphatic rings. The first-order chi connectivity index (χ1) is 7.58. The lowest BCUT2D eigenvalue weighted by molar-refractivity contribution is 0.0686. The zero-order chi connectivity index (χ0) is 11.7. The molecule has 2 aromatic rings. The van der Waals surface area contributed by atoms with Gasteiger partial charge in [0, 0.05) is 21.1 Å². The number of nitrogens with zero attached hydrogens (tertiary/aromatic N) is 1. The Hall–Kier alpha value is -1.33. The van der Waals surface area contributed by atoms with Crippen molar-refractivity contribution in [2.24, 2.45) is 0 Å². The maximum Gasteiger partial charge on any atom is 0.358 e. The summed E-state index contributed by atoms with van der Waals surface area (Å²) in [6.07, 6.45) is 0. The largest absolute Gasteiger partial charge is 0.476 e. The SMILES string of the molecule is O=C(O)c1cc(-c2cc(Cl)ccc2Br)on1. The van der Waals surface area contributed by atoms with E-state index in [0.717, 1.165) is 4.47 Å². The van der Waals surface area contributed by atoms with Gasteiger partial charge in [-0.15, -0.1) is 0 Å². The quantitative estimate of drug-likeness (QED) is 0.923. The molecular weight excluding hydrogens is 297 g/mol. The average Bonchev–Trinajstić information content (AvgIpc) is 2.70. The summed E-state index contributed by atoms with van der Waals surface area (Å²) < 4.78 is 5.68. The lowest BCUT2D eigenvalue weighted by Crippen LogP contribution is -1.94. The van der Waals surface area contributed by atoms with Crippen LogP contribution in [0.4, 0.5) is 0 Å². The summed E-state index contributed by atoms with van der Waals surface area (Å²) in [6.45, 7) is 0. The predicted octanol–water partition coefficient (Wildman–Crippen LogP) is 3.46. The fraction of sp³-hybridized carbons (Fsp3) is 0. The van der Waals surface area contributed by atoms with Crippen LogP contribution in [0.3, 0.4) is 0 Å². The fourth-order valence-corrected chi connectivity index (χ4v) is 1.80. The lowest BCUT2D eigenvalue weighted by Gasteiger charge is -1.99. The van der Waals surface area contributed by atoms with Gasteiger partial charge in [0.2, 0.25) is 0 Å². The van der Waals surface area contributed by atoms with E-state index in [1.165, 1.54) is 6.07 Å². The van der Waals surface area contributed by atoms with Gasteiger partial charge in [0.05, 0.1) is 0 Å². The van der Waals surface area contributed by atoms with Gasteiger partial charge in [0.1, 0.15) is 0 Å². The number of benzene rings is 1. The second-order valence-electron chi connectivity index (χ2n) is 3.01. The number of carboxylic acids is 1. The molecule has 0 amide bonds. The van der Waals surface area contributed by atoms with Crippen molar-refractivity contribution in [2.75, 3.05) is 0 Å². The maximum atomic E-state index is 10.6. The Morgan fingerprint density at radius 1 is 1.44 bits per heavy atom. The van der Waals surface area contributed by atoms with E-state index in [1.54, 1.807) is 18.2 Å². The molecule has 0 atom stereocenters. The third-order valence-electron chi connectivity index (χ3n) is 1.92. The van der Waals surface area contributed by atoms with Crippen LogP contribution < -0.4 is 0 Å². The fourth-order valence-electron chi connectivity index (χ4n) is 1.19. The zero-order valence-corrected chi connectivity index (χ0v) is 10.1. The van der Waals surface area contributed by atoms with E-state index in [1.807, 2.05) is 0 Å². The number of aromatic nitrogens is 1. The molecule has 1 N–H and O–H groups in total. The highest BCUT2D eigenvalue weighted by atomic mass is 79.9. The topological polar surface area (TPSA) is 63.3 Å². The Labute approximate surface area is 104 Å². The summed E-state index contributed by atoms with van der Waals surface area (Å²) in [5, 5.41) is 12.7. The summed E-state index contributed by atoms with van der Waals surface area (Å²) in [4.78, 5) is 10.6. The van der Waals surface area contributed by atoms with E-state index in [0.29, 0.717) is 16.3 Å². The summed E-state index contributed by atoms with van der Waals surface area (Å²) in [6, 6.07) is 6.47. The first-order valence-electron chi connectivity index (χ1n) is 4.23. The van der Waals surface area contributed by atoms with Crippen molar-refractivity contribution in [3.05, 3.63) is 39.5 Å². The number of aromatic carboxylic acids is 1. The molecule has 1 aromatic heterocycles. The van der Waals surface area contributed by atoms with Gasteiger partial charge in [-0.05, 0) is 18.2 Å². The van der Waals surface area contributed by atoms with Crippen LogP contribution in [0.25, 0.3) is 11.3 Å². The summed E-state index contributed by atoms with van der Waals surface area (Å²) in [7, 11) is 0. The highest BCUT2D eigenvalue weighted by molar-refractivity contribution is 9.10. The van der Waals surface area contributed by atoms with Gasteiger partial charge in [-0.25, -0.2) is 4.79 Å². The van der Waals surface area contributed by atoms with E-state index in [-0.39, 0.29) is 5.69 Å². The maximum absolute atomic E-state index is 10.6. The molecule has 0 aliphatic carbocycles. The Kier molecular flexibility index (Phi) is 2.98. The molecule has 0 saturated carbocycles. The number of carbonyl (C=O) groups is 1. The monoisotopic (exact) mass is 301 g/mol.